The first kappa shape index (κ1) is 16.5. The van der Waals surface area contributed by atoms with E-state index in [2.05, 4.69) is 15.3 Å². The molecule has 0 saturated heterocycles. The first-order valence-electron chi connectivity index (χ1n) is 7.44. The third kappa shape index (κ3) is 3.15. The van der Waals surface area contributed by atoms with E-state index < -0.39 is 0 Å². The highest BCUT2D eigenvalue weighted by Gasteiger charge is 2.10. The van der Waals surface area contributed by atoms with Crippen molar-refractivity contribution >= 4 is 40.4 Å². The molecule has 0 spiro atoms. The van der Waals surface area contributed by atoms with Crippen LogP contribution in [0, 0.1) is 4.77 Å². The number of nitrogens with one attached hydrogen (secondary N) is 2. The highest BCUT2D eigenvalue weighted by Crippen LogP contribution is 2.12. The number of rotatable bonds is 4. The van der Waals surface area contributed by atoms with Crippen molar-refractivity contribution in [1.29, 1.82) is 0 Å². The average Bonchev–Trinajstić information content (AvgIpc) is 3.05. The molecule has 0 aliphatic carbocycles. The fourth-order valence-electron chi connectivity index (χ4n) is 2.31. The Labute approximate surface area is 147 Å². The highest BCUT2D eigenvalue weighted by molar-refractivity contribution is 7.71. The molecule has 0 fully saturated rings. The van der Waals surface area contributed by atoms with E-state index in [4.69, 9.17) is 12.2 Å². The van der Waals surface area contributed by atoms with Gasteiger partial charge in [0.2, 0.25) is 0 Å². The van der Waals surface area contributed by atoms with Gasteiger partial charge in [-0.1, -0.05) is 6.92 Å². The van der Waals surface area contributed by atoms with E-state index in [0.717, 1.165) is 17.1 Å². The van der Waals surface area contributed by atoms with Gasteiger partial charge < -0.3 is 10.3 Å². The lowest BCUT2D eigenvalue weighted by Gasteiger charge is -2.06. The fraction of sp³-hybridized carbons (Fsp3) is 0.250. The molecule has 0 aliphatic rings. The molecule has 0 radical (unpaired) electrons. The lowest BCUT2D eigenvalue weighted by molar-refractivity contribution is 0.0950. The molecule has 0 atom stereocenters. The lowest BCUT2D eigenvalue weighted by atomic mass is 10.1. The number of benzene rings is 1. The van der Waals surface area contributed by atoms with Crippen molar-refractivity contribution in [3.63, 3.8) is 0 Å². The van der Waals surface area contributed by atoms with Crippen molar-refractivity contribution in [2.45, 2.75) is 19.9 Å². The van der Waals surface area contributed by atoms with Gasteiger partial charge in [0.1, 0.15) is 0 Å². The summed E-state index contributed by atoms with van der Waals surface area (Å²) in [6.45, 7) is 2.42. The van der Waals surface area contributed by atoms with Crippen LogP contribution in [-0.2, 0) is 20.0 Å². The molecule has 0 saturated carbocycles. The van der Waals surface area contributed by atoms with Gasteiger partial charge in [0.25, 0.3) is 11.5 Å². The molecule has 6 nitrogen and oxygen atoms in total. The number of aryl methyl sites for hydroxylation is 1. The van der Waals surface area contributed by atoms with E-state index in [-0.39, 0.29) is 11.5 Å². The summed E-state index contributed by atoms with van der Waals surface area (Å²) in [6, 6.07) is 4.91. The second-order valence-electron chi connectivity index (χ2n) is 5.32. The fourth-order valence-corrected chi connectivity index (χ4v) is 3.25. The van der Waals surface area contributed by atoms with Crippen molar-refractivity contribution in [2.75, 3.05) is 0 Å². The second-order valence-corrected chi connectivity index (χ2v) is 6.65. The monoisotopic (exact) mass is 360 g/mol. The van der Waals surface area contributed by atoms with Crippen LogP contribution in [-0.4, -0.2) is 20.4 Å². The smallest absolute Gasteiger partial charge is 0.261 e. The molecule has 0 aliphatic heterocycles. The number of H-pyrrole nitrogens is 1. The number of carbonyl (C=O) groups excluding carboxylic acids is 1. The van der Waals surface area contributed by atoms with E-state index >= 15 is 0 Å². The molecule has 1 aromatic carbocycles. The minimum absolute atomic E-state index is 0.185. The molecule has 2 heterocycles. The predicted molar refractivity (Wildman–Crippen MR) is 97.0 cm³/mol. The van der Waals surface area contributed by atoms with Crippen molar-refractivity contribution in [3.8, 4) is 0 Å². The second kappa shape index (κ2) is 6.66. The number of fused-ring (bicyclic) bond motifs is 1. The molecule has 8 heteroatoms. The van der Waals surface area contributed by atoms with Gasteiger partial charge in [-0.2, -0.15) is 0 Å². The third-order valence-corrected chi connectivity index (χ3v) is 5.11. The van der Waals surface area contributed by atoms with Crippen LogP contribution in [0.2, 0.25) is 0 Å². The summed E-state index contributed by atoms with van der Waals surface area (Å²) in [5.74, 6) is -0.219. The topological polar surface area (TPSA) is 79.8 Å². The maximum absolute atomic E-state index is 12.3. The van der Waals surface area contributed by atoms with Crippen molar-refractivity contribution < 1.29 is 4.79 Å². The summed E-state index contributed by atoms with van der Waals surface area (Å²) in [7, 11) is 1.61. The van der Waals surface area contributed by atoms with Gasteiger partial charge in [-0.15, -0.1) is 11.3 Å². The van der Waals surface area contributed by atoms with Crippen molar-refractivity contribution in [1.82, 2.24) is 19.9 Å². The molecule has 3 rings (SSSR count). The van der Waals surface area contributed by atoms with Gasteiger partial charge in [-0.25, -0.2) is 4.98 Å². The van der Waals surface area contributed by atoms with E-state index in [9.17, 15) is 9.59 Å². The average molecular weight is 360 g/mol. The number of nitrogens with zero attached hydrogens (tertiary/aromatic N) is 2. The number of hydrogen-bond donors (Lipinski definition) is 2. The Hall–Kier alpha value is -2.32. The Balaban J connectivity index is 1.83. The SMILES string of the molecule is CCc1nc(CNC(=O)c2ccc3c(=O)n(C)c(=S)[nH]c3c2)cs1. The maximum Gasteiger partial charge on any atom is 0.261 e. The Morgan fingerprint density at radius 2 is 2.25 bits per heavy atom. The van der Waals surface area contributed by atoms with Gasteiger partial charge in [0.15, 0.2) is 4.77 Å². The van der Waals surface area contributed by atoms with Crippen LogP contribution in [0.5, 0.6) is 0 Å². The first-order valence-corrected chi connectivity index (χ1v) is 8.73. The molecule has 2 N–H and O–H groups in total. The maximum atomic E-state index is 12.3. The Bertz CT molecular complexity index is 1030. The molecule has 0 bridgehead atoms. The largest absolute Gasteiger partial charge is 0.346 e. The van der Waals surface area contributed by atoms with Crippen LogP contribution in [0.15, 0.2) is 28.4 Å². The molecular weight excluding hydrogens is 344 g/mol. The van der Waals surface area contributed by atoms with Crippen LogP contribution in [0.3, 0.4) is 0 Å². The van der Waals surface area contributed by atoms with Gasteiger partial charge in [-0.05, 0) is 36.8 Å². The number of aromatic nitrogens is 3. The zero-order valence-electron chi connectivity index (χ0n) is 13.3. The Morgan fingerprint density at radius 3 is 2.96 bits per heavy atom. The summed E-state index contributed by atoms with van der Waals surface area (Å²) >= 11 is 6.69. The molecule has 3 aromatic rings. The van der Waals surface area contributed by atoms with Crippen LogP contribution in [0.4, 0.5) is 0 Å². The minimum Gasteiger partial charge on any atom is -0.346 e. The standard InChI is InChI=1S/C16H16N4O2S2/c1-3-13-18-10(8-24-13)7-17-14(21)9-4-5-11-12(6-9)19-16(23)20(2)15(11)22/h4-6,8H,3,7H2,1-2H3,(H,17,21)(H,19,23). The zero-order chi connectivity index (χ0) is 17.3. The minimum atomic E-state index is -0.219. The van der Waals surface area contributed by atoms with Gasteiger partial charge in [-0.3, -0.25) is 14.2 Å². The molecule has 0 unspecified atom stereocenters. The number of carbonyl (C=O) groups is 1. The van der Waals surface area contributed by atoms with Crippen LogP contribution < -0.4 is 10.9 Å². The Morgan fingerprint density at radius 1 is 1.46 bits per heavy atom. The van der Waals surface area contributed by atoms with E-state index in [1.54, 1.807) is 36.6 Å². The van der Waals surface area contributed by atoms with Gasteiger partial charge in [0, 0.05) is 18.0 Å². The summed E-state index contributed by atoms with van der Waals surface area (Å²) in [5, 5.41) is 6.33. The zero-order valence-corrected chi connectivity index (χ0v) is 14.9. The van der Waals surface area contributed by atoms with Crippen LogP contribution in [0.25, 0.3) is 10.9 Å². The van der Waals surface area contributed by atoms with Crippen LogP contribution >= 0.6 is 23.6 Å². The normalized spacial score (nSPS) is 10.9. The summed E-state index contributed by atoms with van der Waals surface area (Å²) in [6.07, 6.45) is 0.886. The van der Waals surface area contributed by atoms with Gasteiger partial charge >= 0.3 is 0 Å². The van der Waals surface area contributed by atoms with E-state index in [1.165, 1.54) is 4.57 Å². The molecule has 2 aromatic heterocycles. The van der Waals surface area contributed by atoms with E-state index in [1.807, 2.05) is 12.3 Å². The third-order valence-electron chi connectivity index (χ3n) is 3.69. The van der Waals surface area contributed by atoms with Crippen molar-refractivity contribution in [2.24, 2.45) is 7.05 Å². The highest BCUT2D eigenvalue weighted by atomic mass is 32.1. The molecular formula is C16H16N4O2S2. The summed E-state index contributed by atoms with van der Waals surface area (Å²) in [4.78, 5) is 31.8. The Kier molecular flexibility index (Phi) is 4.59. The predicted octanol–water partition coefficient (Wildman–Crippen LogP) is 2.54. The molecule has 1 amide bonds. The lowest BCUT2D eigenvalue weighted by Crippen LogP contribution is -2.23. The quantitative estimate of drug-likeness (QED) is 0.701. The number of thiazole rings is 1. The number of aromatic amines is 1. The van der Waals surface area contributed by atoms with E-state index in [0.29, 0.717) is 27.8 Å². The van der Waals surface area contributed by atoms with Gasteiger partial charge in [0.05, 0.1) is 28.1 Å². The number of hydrogen-bond acceptors (Lipinski definition) is 5. The summed E-state index contributed by atoms with van der Waals surface area (Å²) in [5.41, 5.74) is 1.68. The molecule has 124 valence electrons. The van der Waals surface area contributed by atoms with Crippen molar-refractivity contribution in [3.05, 3.63) is 55.0 Å². The number of amides is 1. The summed E-state index contributed by atoms with van der Waals surface area (Å²) < 4.78 is 1.69. The molecule has 24 heavy (non-hydrogen) atoms. The first-order chi connectivity index (χ1) is 11.5. The van der Waals surface area contributed by atoms with Crippen LogP contribution in [0.1, 0.15) is 28.0 Å².